The van der Waals surface area contributed by atoms with E-state index in [0.29, 0.717) is 0 Å². The van der Waals surface area contributed by atoms with Crippen molar-refractivity contribution in [2.24, 2.45) is 0 Å². The van der Waals surface area contributed by atoms with Gasteiger partial charge in [-0.3, -0.25) is 0 Å². The molecule has 0 bridgehead atoms. The van der Waals surface area contributed by atoms with E-state index < -0.39 is 5.60 Å². The largest absolute Gasteiger partial charge is 0.386 e. The number of anilines is 1. The van der Waals surface area contributed by atoms with Crippen LogP contribution in [0.5, 0.6) is 0 Å². The van der Waals surface area contributed by atoms with E-state index in [0.717, 1.165) is 71.0 Å². The van der Waals surface area contributed by atoms with E-state index in [1.807, 2.05) is 52.1 Å². The third-order valence-electron chi connectivity index (χ3n) is 6.45. The molecule has 37 heavy (non-hydrogen) atoms. The highest BCUT2D eigenvalue weighted by Crippen LogP contribution is 2.41. The average Bonchev–Trinajstić information content (AvgIpc) is 3.31. The van der Waals surface area contributed by atoms with Gasteiger partial charge in [-0.2, -0.15) is 0 Å². The molecule has 8 heteroatoms. The standard InChI is InChI=1S/C29H33N5OS2/c1-19-15-20(2)33-28(32-19)36-18-23-16-25(22-7-10-26(31-17-22)34-13-11-30-12-14-34)37-27(23)21-5-8-24(9-6-21)29(3,4)35/h5-10,15-17,30,35H,11-14,18H2,1-4H3. The Kier molecular flexibility index (Phi) is 7.62. The Labute approximate surface area is 227 Å². The highest BCUT2D eigenvalue weighted by atomic mass is 32.2. The number of pyridine rings is 1. The topological polar surface area (TPSA) is 74.2 Å². The minimum absolute atomic E-state index is 0.772. The van der Waals surface area contributed by atoms with Crippen LogP contribution in [0.2, 0.25) is 0 Å². The molecule has 6 nitrogen and oxygen atoms in total. The quantitative estimate of drug-likeness (QED) is 0.230. The molecule has 0 aliphatic carbocycles. The SMILES string of the molecule is Cc1cc(C)nc(SCc2cc(-c3ccc(N4CCNCC4)nc3)sc2-c2ccc(C(C)(C)O)cc2)n1. The van der Waals surface area contributed by atoms with Crippen LogP contribution in [0.15, 0.2) is 59.9 Å². The molecule has 3 aromatic heterocycles. The first kappa shape index (κ1) is 25.9. The summed E-state index contributed by atoms with van der Waals surface area (Å²) in [7, 11) is 0. The Hall–Kier alpha value is -2.78. The van der Waals surface area contributed by atoms with Crippen LogP contribution in [-0.4, -0.2) is 46.2 Å². The highest BCUT2D eigenvalue weighted by Gasteiger charge is 2.18. The molecule has 4 heterocycles. The molecule has 1 aliphatic heterocycles. The average molecular weight is 532 g/mol. The molecule has 5 rings (SSSR count). The molecule has 0 spiro atoms. The third-order valence-corrected chi connectivity index (χ3v) is 8.63. The van der Waals surface area contributed by atoms with Gasteiger partial charge in [0.2, 0.25) is 0 Å². The van der Waals surface area contributed by atoms with Gasteiger partial charge in [0.1, 0.15) is 5.82 Å². The predicted octanol–water partition coefficient (Wildman–Crippen LogP) is 5.81. The zero-order chi connectivity index (χ0) is 26.0. The maximum Gasteiger partial charge on any atom is 0.188 e. The molecule has 192 valence electrons. The number of nitrogens with one attached hydrogen (secondary N) is 1. The normalized spacial score (nSPS) is 14.2. The summed E-state index contributed by atoms with van der Waals surface area (Å²) in [5.41, 5.74) is 5.52. The molecule has 0 unspecified atom stereocenters. The molecule has 1 fully saturated rings. The Morgan fingerprint density at radius 1 is 0.973 bits per heavy atom. The Morgan fingerprint density at radius 2 is 1.65 bits per heavy atom. The van der Waals surface area contributed by atoms with Gasteiger partial charge >= 0.3 is 0 Å². The molecule has 0 amide bonds. The summed E-state index contributed by atoms with van der Waals surface area (Å²) < 4.78 is 0. The maximum atomic E-state index is 10.4. The molecule has 2 N–H and O–H groups in total. The Balaban J connectivity index is 1.45. The van der Waals surface area contributed by atoms with Crippen molar-refractivity contribution in [3.05, 3.63) is 77.2 Å². The zero-order valence-electron chi connectivity index (χ0n) is 21.8. The summed E-state index contributed by atoms with van der Waals surface area (Å²) in [6, 6.07) is 16.8. The molecule has 1 aromatic carbocycles. The predicted molar refractivity (Wildman–Crippen MR) is 154 cm³/mol. The molecule has 1 saturated heterocycles. The summed E-state index contributed by atoms with van der Waals surface area (Å²) >= 11 is 3.45. The van der Waals surface area contributed by atoms with Crippen LogP contribution in [-0.2, 0) is 11.4 Å². The molecule has 1 aliphatic rings. The van der Waals surface area contributed by atoms with Gasteiger partial charge in [0.25, 0.3) is 0 Å². The van der Waals surface area contributed by atoms with Gasteiger partial charge in [-0.25, -0.2) is 15.0 Å². The number of benzene rings is 1. The first-order valence-electron chi connectivity index (χ1n) is 12.6. The summed E-state index contributed by atoms with van der Waals surface area (Å²) in [5, 5.41) is 14.6. The minimum atomic E-state index is -0.865. The van der Waals surface area contributed by atoms with Gasteiger partial charge < -0.3 is 15.3 Å². The smallest absolute Gasteiger partial charge is 0.188 e. The number of piperazine rings is 1. The second-order valence-electron chi connectivity index (χ2n) is 9.97. The number of aromatic nitrogens is 3. The lowest BCUT2D eigenvalue weighted by atomic mass is 9.97. The van der Waals surface area contributed by atoms with Crippen molar-refractivity contribution >= 4 is 28.9 Å². The summed E-state index contributed by atoms with van der Waals surface area (Å²) in [6.07, 6.45) is 1.99. The van der Waals surface area contributed by atoms with E-state index >= 15 is 0 Å². The van der Waals surface area contributed by atoms with Gasteiger partial charge in [0.05, 0.1) is 5.60 Å². The number of rotatable bonds is 7. The van der Waals surface area contributed by atoms with E-state index in [1.54, 1.807) is 23.1 Å². The Bertz CT molecular complexity index is 1330. The lowest BCUT2D eigenvalue weighted by molar-refractivity contribution is 0.0786. The summed E-state index contributed by atoms with van der Waals surface area (Å²) in [6.45, 7) is 11.6. The molecule has 0 radical (unpaired) electrons. The number of aryl methyl sites for hydroxylation is 2. The van der Waals surface area contributed by atoms with Crippen LogP contribution in [0.3, 0.4) is 0 Å². The number of thiophene rings is 1. The van der Waals surface area contributed by atoms with E-state index in [4.69, 9.17) is 4.98 Å². The van der Waals surface area contributed by atoms with Crippen molar-refractivity contribution in [1.29, 1.82) is 0 Å². The Morgan fingerprint density at radius 3 is 2.27 bits per heavy atom. The van der Waals surface area contributed by atoms with Crippen molar-refractivity contribution in [2.45, 2.75) is 44.2 Å². The molecular weight excluding hydrogens is 498 g/mol. The summed E-state index contributed by atoms with van der Waals surface area (Å²) in [4.78, 5) is 18.8. The maximum absolute atomic E-state index is 10.4. The molecule has 4 aromatic rings. The van der Waals surface area contributed by atoms with Crippen molar-refractivity contribution in [3.63, 3.8) is 0 Å². The summed E-state index contributed by atoms with van der Waals surface area (Å²) in [5.74, 6) is 1.81. The fourth-order valence-corrected chi connectivity index (χ4v) is 6.66. The van der Waals surface area contributed by atoms with E-state index in [1.165, 1.54) is 15.3 Å². The number of hydrogen-bond acceptors (Lipinski definition) is 8. The van der Waals surface area contributed by atoms with Gasteiger partial charge in [-0.1, -0.05) is 36.0 Å². The van der Waals surface area contributed by atoms with Gasteiger partial charge in [0.15, 0.2) is 5.16 Å². The van der Waals surface area contributed by atoms with Gasteiger partial charge in [0, 0.05) is 64.8 Å². The minimum Gasteiger partial charge on any atom is -0.386 e. The van der Waals surface area contributed by atoms with E-state index in [-0.39, 0.29) is 0 Å². The lowest BCUT2D eigenvalue weighted by Gasteiger charge is -2.28. The molecular formula is C29H33N5OS2. The fourth-order valence-electron chi connectivity index (χ4n) is 4.47. The number of thioether (sulfide) groups is 1. The van der Waals surface area contributed by atoms with E-state index in [9.17, 15) is 5.11 Å². The number of nitrogens with zero attached hydrogens (tertiary/aromatic N) is 4. The van der Waals surface area contributed by atoms with E-state index in [2.05, 4.69) is 50.5 Å². The van der Waals surface area contributed by atoms with Gasteiger partial charge in [-0.15, -0.1) is 11.3 Å². The van der Waals surface area contributed by atoms with Crippen molar-refractivity contribution in [3.8, 4) is 20.9 Å². The number of aliphatic hydroxyl groups is 1. The second-order valence-corrected chi connectivity index (χ2v) is 12.0. The van der Waals surface area contributed by atoms with Crippen molar-refractivity contribution in [2.75, 3.05) is 31.1 Å². The van der Waals surface area contributed by atoms with Gasteiger partial charge in [-0.05, 0) is 68.7 Å². The second kappa shape index (κ2) is 10.9. The van der Waals surface area contributed by atoms with Crippen LogP contribution in [0.1, 0.15) is 36.4 Å². The van der Waals surface area contributed by atoms with Crippen LogP contribution < -0.4 is 10.2 Å². The van der Waals surface area contributed by atoms with Crippen LogP contribution in [0.4, 0.5) is 5.82 Å². The molecule has 0 saturated carbocycles. The third kappa shape index (κ3) is 6.21. The fraction of sp³-hybridized carbons (Fsp3) is 0.345. The lowest BCUT2D eigenvalue weighted by Crippen LogP contribution is -2.43. The number of hydrogen-bond donors (Lipinski definition) is 2. The molecule has 0 atom stereocenters. The van der Waals surface area contributed by atoms with Crippen LogP contribution in [0.25, 0.3) is 20.9 Å². The highest BCUT2D eigenvalue weighted by molar-refractivity contribution is 7.98. The monoisotopic (exact) mass is 531 g/mol. The van der Waals surface area contributed by atoms with Crippen LogP contribution >= 0.6 is 23.1 Å². The first-order chi connectivity index (χ1) is 17.8. The van der Waals surface area contributed by atoms with Crippen LogP contribution in [0, 0.1) is 13.8 Å². The van der Waals surface area contributed by atoms with Crippen molar-refractivity contribution in [1.82, 2.24) is 20.3 Å². The zero-order valence-corrected chi connectivity index (χ0v) is 23.4. The van der Waals surface area contributed by atoms with Crippen molar-refractivity contribution < 1.29 is 5.11 Å². The first-order valence-corrected chi connectivity index (χ1v) is 14.4.